The third-order valence-corrected chi connectivity index (χ3v) is 3.48. The summed E-state index contributed by atoms with van der Waals surface area (Å²) in [4.78, 5) is 12.0. The number of phenolic OH excluding ortho intramolecular Hbond substituents is 1. The van der Waals surface area contributed by atoms with E-state index < -0.39 is 5.82 Å². The molecule has 0 aliphatic carbocycles. The average molecular weight is 365 g/mol. The van der Waals surface area contributed by atoms with E-state index in [1.165, 1.54) is 12.1 Å². The van der Waals surface area contributed by atoms with Gasteiger partial charge in [0.15, 0.2) is 0 Å². The zero-order chi connectivity index (χ0) is 16.1. The summed E-state index contributed by atoms with van der Waals surface area (Å²) in [5, 5.41) is 9.78. The molecule has 0 saturated carbocycles. The van der Waals surface area contributed by atoms with Gasteiger partial charge in [-0.3, -0.25) is 15.6 Å². The van der Waals surface area contributed by atoms with Crippen molar-refractivity contribution in [2.45, 2.75) is 6.92 Å². The van der Waals surface area contributed by atoms with Crippen LogP contribution in [0, 0.1) is 5.82 Å². The van der Waals surface area contributed by atoms with Crippen molar-refractivity contribution in [3.05, 3.63) is 70.0 Å². The fraction of sp³-hybridized carbons (Fsp3) is 0.0625. The summed E-state index contributed by atoms with van der Waals surface area (Å²) in [6.45, 7) is 1.71. The molecule has 1 amide bonds. The first-order valence-corrected chi connectivity index (χ1v) is 7.27. The Hall–Kier alpha value is -2.34. The molecule has 0 bridgehead atoms. The van der Waals surface area contributed by atoms with Crippen molar-refractivity contribution in [1.82, 2.24) is 10.9 Å². The van der Waals surface area contributed by atoms with E-state index in [0.29, 0.717) is 11.3 Å². The molecule has 0 spiro atoms. The first kappa shape index (κ1) is 16.0. The maximum absolute atomic E-state index is 13.3. The minimum Gasteiger partial charge on any atom is -0.507 e. The summed E-state index contributed by atoms with van der Waals surface area (Å²) >= 11 is 3.29. The van der Waals surface area contributed by atoms with Gasteiger partial charge in [-0.15, -0.1) is 0 Å². The fourth-order valence-electron chi connectivity index (χ4n) is 1.82. The Morgan fingerprint density at radius 1 is 1.18 bits per heavy atom. The molecule has 6 heteroatoms. The zero-order valence-electron chi connectivity index (χ0n) is 11.7. The molecule has 0 saturated heterocycles. The second-order valence-electron chi connectivity index (χ2n) is 4.45. The number of hydrogen-bond acceptors (Lipinski definition) is 3. The number of carbonyl (C=O) groups excluding carboxylic acids is 1. The van der Waals surface area contributed by atoms with Crippen LogP contribution in [-0.4, -0.2) is 11.0 Å². The van der Waals surface area contributed by atoms with Crippen LogP contribution in [0.3, 0.4) is 0 Å². The molecule has 2 aromatic carbocycles. The van der Waals surface area contributed by atoms with Crippen molar-refractivity contribution in [2.24, 2.45) is 0 Å². The third kappa shape index (κ3) is 3.85. The van der Waals surface area contributed by atoms with Crippen LogP contribution < -0.4 is 10.9 Å². The van der Waals surface area contributed by atoms with Crippen molar-refractivity contribution < 1.29 is 14.3 Å². The molecule has 0 fully saturated rings. The highest BCUT2D eigenvalue weighted by Gasteiger charge is 2.10. The number of amides is 1. The summed E-state index contributed by atoms with van der Waals surface area (Å²) in [5.41, 5.74) is 6.32. The topological polar surface area (TPSA) is 61.4 Å². The molecule has 0 aliphatic heterocycles. The summed E-state index contributed by atoms with van der Waals surface area (Å²) in [6.07, 6.45) is 1.62. The highest BCUT2D eigenvalue weighted by atomic mass is 79.9. The molecule has 0 heterocycles. The van der Waals surface area contributed by atoms with E-state index >= 15 is 0 Å². The summed E-state index contributed by atoms with van der Waals surface area (Å²) < 4.78 is 14.2. The number of nitrogens with one attached hydrogen (secondary N) is 2. The van der Waals surface area contributed by atoms with Gasteiger partial charge >= 0.3 is 0 Å². The van der Waals surface area contributed by atoms with E-state index in [1.807, 2.05) is 0 Å². The van der Waals surface area contributed by atoms with Crippen LogP contribution in [0.1, 0.15) is 22.8 Å². The van der Waals surface area contributed by atoms with Gasteiger partial charge in [-0.1, -0.05) is 22.0 Å². The Morgan fingerprint density at radius 2 is 1.86 bits per heavy atom. The average Bonchev–Trinajstić information content (AvgIpc) is 2.51. The largest absolute Gasteiger partial charge is 0.507 e. The Bertz CT molecular complexity index is 715. The minimum absolute atomic E-state index is 0.0834. The molecule has 22 heavy (non-hydrogen) atoms. The Kier molecular flexibility index (Phi) is 5.16. The number of hydrazine groups is 1. The standard InChI is InChI=1S/C16H14BrFN2O2/c1-2-14(13-9-12(18)7-8-15(13)21)19-20-16(22)10-3-5-11(17)6-4-10/h2-9,19,21H,1H3,(H,20,22)/b14-2-. The highest BCUT2D eigenvalue weighted by molar-refractivity contribution is 9.10. The number of allylic oxidation sites excluding steroid dienone is 1. The van der Waals surface area contributed by atoms with Gasteiger partial charge in [0.25, 0.3) is 5.91 Å². The van der Waals surface area contributed by atoms with Crippen LogP contribution in [0.25, 0.3) is 5.70 Å². The maximum Gasteiger partial charge on any atom is 0.269 e. The number of carbonyl (C=O) groups is 1. The molecule has 0 radical (unpaired) electrons. The number of halogens is 2. The van der Waals surface area contributed by atoms with Gasteiger partial charge in [-0.05, 0) is 49.4 Å². The monoisotopic (exact) mass is 364 g/mol. The normalized spacial score (nSPS) is 11.1. The van der Waals surface area contributed by atoms with Crippen LogP contribution in [0.2, 0.25) is 0 Å². The van der Waals surface area contributed by atoms with Crippen LogP contribution in [-0.2, 0) is 0 Å². The first-order valence-electron chi connectivity index (χ1n) is 6.48. The maximum atomic E-state index is 13.3. The van der Waals surface area contributed by atoms with Crippen LogP contribution >= 0.6 is 15.9 Å². The lowest BCUT2D eigenvalue weighted by Gasteiger charge is -2.13. The zero-order valence-corrected chi connectivity index (χ0v) is 13.3. The van der Waals surface area contributed by atoms with E-state index in [9.17, 15) is 14.3 Å². The number of aromatic hydroxyl groups is 1. The van der Waals surface area contributed by atoms with Gasteiger partial charge in [0.05, 0.1) is 5.70 Å². The molecule has 3 N–H and O–H groups in total. The van der Waals surface area contributed by atoms with Crippen molar-refractivity contribution >= 4 is 27.5 Å². The molecule has 0 unspecified atom stereocenters. The van der Waals surface area contributed by atoms with Gasteiger partial charge in [0, 0.05) is 15.6 Å². The SMILES string of the molecule is C/C=C(\NNC(=O)c1ccc(Br)cc1)c1cc(F)ccc1O. The third-order valence-electron chi connectivity index (χ3n) is 2.95. The number of rotatable bonds is 4. The molecular formula is C16H14BrFN2O2. The quantitative estimate of drug-likeness (QED) is 0.726. The van der Waals surface area contributed by atoms with Crippen LogP contribution in [0.5, 0.6) is 5.75 Å². The van der Waals surface area contributed by atoms with Gasteiger partial charge in [-0.25, -0.2) is 4.39 Å². The lowest BCUT2D eigenvalue weighted by atomic mass is 10.1. The predicted molar refractivity (Wildman–Crippen MR) is 86.5 cm³/mol. The molecule has 114 valence electrons. The van der Waals surface area contributed by atoms with Crippen molar-refractivity contribution in [1.29, 1.82) is 0 Å². The molecule has 4 nitrogen and oxygen atoms in total. The van der Waals surface area contributed by atoms with E-state index in [2.05, 4.69) is 26.8 Å². The Balaban J connectivity index is 2.10. The van der Waals surface area contributed by atoms with Gasteiger partial charge in [0.2, 0.25) is 0 Å². The molecule has 0 aliphatic rings. The molecule has 2 aromatic rings. The molecular weight excluding hydrogens is 351 g/mol. The smallest absolute Gasteiger partial charge is 0.269 e. The van der Waals surface area contributed by atoms with Crippen molar-refractivity contribution in [2.75, 3.05) is 0 Å². The van der Waals surface area contributed by atoms with E-state index in [-0.39, 0.29) is 17.2 Å². The number of benzene rings is 2. The number of phenols is 1. The molecule has 0 atom stereocenters. The van der Waals surface area contributed by atoms with E-state index in [4.69, 9.17) is 0 Å². The van der Waals surface area contributed by atoms with Crippen molar-refractivity contribution in [3.63, 3.8) is 0 Å². The van der Waals surface area contributed by atoms with Gasteiger partial charge in [-0.2, -0.15) is 0 Å². The lowest BCUT2D eigenvalue weighted by molar-refractivity contribution is 0.0942. The lowest BCUT2D eigenvalue weighted by Crippen LogP contribution is -2.36. The molecule has 2 rings (SSSR count). The molecule has 0 aromatic heterocycles. The van der Waals surface area contributed by atoms with E-state index in [1.54, 1.807) is 37.3 Å². The minimum atomic E-state index is -0.479. The Morgan fingerprint density at radius 3 is 2.50 bits per heavy atom. The van der Waals surface area contributed by atoms with Crippen LogP contribution in [0.4, 0.5) is 4.39 Å². The Labute approximate surface area is 135 Å². The summed E-state index contributed by atoms with van der Waals surface area (Å²) in [6, 6.07) is 10.4. The van der Waals surface area contributed by atoms with Gasteiger partial charge in [0.1, 0.15) is 11.6 Å². The fourth-order valence-corrected chi connectivity index (χ4v) is 2.08. The predicted octanol–water partition coefficient (Wildman–Crippen LogP) is 3.59. The number of hydrogen-bond donors (Lipinski definition) is 3. The van der Waals surface area contributed by atoms with Crippen LogP contribution in [0.15, 0.2) is 53.0 Å². The second-order valence-corrected chi connectivity index (χ2v) is 5.37. The second kappa shape index (κ2) is 7.09. The van der Waals surface area contributed by atoms with E-state index in [0.717, 1.165) is 10.5 Å². The first-order chi connectivity index (χ1) is 10.5. The highest BCUT2D eigenvalue weighted by Crippen LogP contribution is 2.23. The summed E-state index contributed by atoms with van der Waals surface area (Å²) in [5.74, 6) is -0.907. The summed E-state index contributed by atoms with van der Waals surface area (Å²) in [7, 11) is 0. The van der Waals surface area contributed by atoms with Crippen molar-refractivity contribution in [3.8, 4) is 5.75 Å². The van der Waals surface area contributed by atoms with Gasteiger partial charge < -0.3 is 5.11 Å².